The number of hydrogen-bond acceptors (Lipinski definition) is 5. The lowest BCUT2D eigenvalue weighted by atomic mass is 10.2. The fourth-order valence-electron chi connectivity index (χ4n) is 2.48. The second-order valence-electron chi connectivity index (χ2n) is 6.04. The third kappa shape index (κ3) is 7.28. The second-order valence-corrected chi connectivity index (χ2v) is 6.04. The summed E-state index contributed by atoms with van der Waals surface area (Å²) in [7, 11) is 1.63. The average molecular weight is 385 g/mol. The van der Waals surface area contributed by atoms with E-state index in [1.807, 2.05) is 13.0 Å². The zero-order valence-electron chi connectivity index (χ0n) is 16.3. The van der Waals surface area contributed by atoms with E-state index >= 15 is 0 Å². The van der Waals surface area contributed by atoms with Gasteiger partial charge in [-0.15, -0.1) is 0 Å². The van der Waals surface area contributed by atoms with Crippen LogP contribution in [-0.4, -0.2) is 45.2 Å². The standard InChI is InChI=1S/C21H27N3O4/c1-3-28-19-10-8-17(9-11-19)24-20(25)15-23-18-7-4-6-16(14-18)21(26)22-12-5-13-27-2/h4,6-11,14,23H,3,5,12-13,15H2,1-2H3,(H,22,26)(H,24,25). The van der Waals surface area contributed by atoms with Crippen molar-refractivity contribution < 1.29 is 19.1 Å². The van der Waals surface area contributed by atoms with E-state index in [4.69, 9.17) is 9.47 Å². The first-order valence-corrected chi connectivity index (χ1v) is 9.26. The van der Waals surface area contributed by atoms with Gasteiger partial charge in [-0.25, -0.2) is 0 Å². The largest absolute Gasteiger partial charge is 0.494 e. The number of carbonyl (C=O) groups is 2. The minimum absolute atomic E-state index is 0.0894. The van der Waals surface area contributed by atoms with Crippen molar-refractivity contribution in [2.75, 3.05) is 44.0 Å². The van der Waals surface area contributed by atoms with Crippen LogP contribution in [0.25, 0.3) is 0 Å². The maximum atomic E-state index is 12.1. The van der Waals surface area contributed by atoms with Gasteiger partial charge in [0.05, 0.1) is 13.2 Å². The van der Waals surface area contributed by atoms with Crippen LogP contribution in [0.5, 0.6) is 5.75 Å². The van der Waals surface area contributed by atoms with Gasteiger partial charge in [-0.3, -0.25) is 9.59 Å². The molecule has 0 atom stereocenters. The van der Waals surface area contributed by atoms with Crippen LogP contribution in [-0.2, 0) is 9.53 Å². The van der Waals surface area contributed by atoms with Gasteiger partial charge in [-0.2, -0.15) is 0 Å². The number of hydrogen-bond donors (Lipinski definition) is 3. The summed E-state index contributed by atoms with van der Waals surface area (Å²) in [5, 5.41) is 8.68. The summed E-state index contributed by atoms with van der Waals surface area (Å²) in [5.74, 6) is 0.424. The first-order valence-electron chi connectivity index (χ1n) is 9.26. The molecule has 2 rings (SSSR count). The highest BCUT2D eigenvalue weighted by atomic mass is 16.5. The summed E-state index contributed by atoms with van der Waals surface area (Å²) in [6, 6.07) is 14.2. The average Bonchev–Trinajstić information content (AvgIpc) is 2.71. The molecule has 0 aromatic heterocycles. The zero-order chi connectivity index (χ0) is 20.2. The summed E-state index contributed by atoms with van der Waals surface area (Å²) >= 11 is 0. The summed E-state index contributed by atoms with van der Waals surface area (Å²) in [5.41, 5.74) is 1.93. The van der Waals surface area contributed by atoms with E-state index < -0.39 is 0 Å². The molecule has 150 valence electrons. The van der Waals surface area contributed by atoms with Gasteiger partial charge >= 0.3 is 0 Å². The van der Waals surface area contributed by atoms with Gasteiger partial charge in [0.2, 0.25) is 5.91 Å². The first-order chi connectivity index (χ1) is 13.6. The maximum absolute atomic E-state index is 12.1. The van der Waals surface area contributed by atoms with Crippen LogP contribution in [0.4, 0.5) is 11.4 Å². The molecule has 0 saturated carbocycles. The second kappa shape index (κ2) is 11.6. The molecule has 2 amide bonds. The molecule has 0 unspecified atom stereocenters. The van der Waals surface area contributed by atoms with Crippen molar-refractivity contribution in [1.82, 2.24) is 5.32 Å². The van der Waals surface area contributed by atoms with Crippen LogP contribution in [0.3, 0.4) is 0 Å². The molecular formula is C21H27N3O4. The maximum Gasteiger partial charge on any atom is 0.251 e. The normalized spacial score (nSPS) is 10.2. The Morgan fingerprint density at radius 2 is 1.82 bits per heavy atom. The lowest BCUT2D eigenvalue weighted by molar-refractivity contribution is -0.114. The molecule has 0 aliphatic rings. The molecule has 0 spiro atoms. The number of nitrogens with one attached hydrogen (secondary N) is 3. The van der Waals surface area contributed by atoms with Crippen molar-refractivity contribution in [2.24, 2.45) is 0 Å². The van der Waals surface area contributed by atoms with Gasteiger partial charge in [0.15, 0.2) is 0 Å². The van der Waals surface area contributed by atoms with Crippen LogP contribution in [0.1, 0.15) is 23.7 Å². The minimum Gasteiger partial charge on any atom is -0.494 e. The van der Waals surface area contributed by atoms with Crippen molar-refractivity contribution in [3.05, 3.63) is 54.1 Å². The van der Waals surface area contributed by atoms with Gasteiger partial charge in [-0.05, 0) is 55.8 Å². The molecule has 0 aliphatic heterocycles. The predicted molar refractivity (Wildman–Crippen MR) is 110 cm³/mol. The van der Waals surface area contributed by atoms with Gasteiger partial charge in [-0.1, -0.05) is 6.07 Å². The molecule has 0 aliphatic carbocycles. The highest BCUT2D eigenvalue weighted by Gasteiger charge is 2.07. The number of rotatable bonds is 11. The Bertz CT molecular complexity index is 763. The number of methoxy groups -OCH3 is 1. The monoisotopic (exact) mass is 385 g/mol. The van der Waals surface area contributed by atoms with E-state index in [-0.39, 0.29) is 18.4 Å². The molecule has 0 saturated heterocycles. The zero-order valence-corrected chi connectivity index (χ0v) is 16.3. The van der Waals surface area contributed by atoms with Crippen molar-refractivity contribution in [3.8, 4) is 5.75 Å². The third-order valence-electron chi connectivity index (χ3n) is 3.84. The highest BCUT2D eigenvalue weighted by molar-refractivity contribution is 5.96. The molecule has 7 heteroatoms. The van der Waals surface area contributed by atoms with Crippen LogP contribution in [0.15, 0.2) is 48.5 Å². The van der Waals surface area contributed by atoms with Crippen LogP contribution in [0, 0.1) is 0 Å². The van der Waals surface area contributed by atoms with Crippen molar-refractivity contribution in [2.45, 2.75) is 13.3 Å². The Hall–Kier alpha value is -3.06. The Balaban J connectivity index is 1.81. The SMILES string of the molecule is CCOc1ccc(NC(=O)CNc2cccc(C(=O)NCCCOC)c2)cc1. The Labute approximate surface area is 165 Å². The molecule has 7 nitrogen and oxygen atoms in total. The molecule has 3 N–H and O–H groups in total. The fourth-order valence-corrected chi connectivity index (χ4v) is 2.48. The minimum atomic E-state index is -0.182. The Morgan fingerprint density at radius 3 is 2.54 bits per heavy atom. The van der Waals surface area contributed by atoms with E-state index in [0.717, 1.165) is 12.2 Å². The van der Waals surface area contributed by atoms with Crippen LogP contribution in [0.2, 0.25) is 0 Å². The van der Waals surface area contributed by atoms with E-state index in [1.54, 1.807) is 49.6 Å². The number of anilines is 2. The van der Waals surface area contributed by atoms with E-state index in [2.05, 4.69) is 16.0 Å². The molecule has 2 aromatic carbocycles. The summed E-state index contributed by atoms with van der Waals surface area (Å²) in [6.07, 6.45) is 0.756. The summed E-state index contributed by atoms with van der Waals surface area (Å²) in [4.78, 5) is 24.3. The molecule has 0 fully saturated rings. The topological polar surface area (TPSA) is 88.7 Å². The Kier molecular flexibility index (Phi) is 8.81. The summed E-state index contributed by atoms with van der Waals surface area (Å²) < 4.78 is 10.3. The molecule has 28 heavy (non-hydrogen) atoms. The van der Waals surface area contributed by atoms with Gasteiger partial charge in [0.1, 0.15) is 5.75 Å². The smallest absolute Gasteiger partial charge is 0.251 e. The van der Waals surface area contributed by atoms with Crippen LogP contribution >= 0.6 is 0 Å². The number of ether oxygens (including phenoxy) is 2. The predicted octanol–water partition coefficient (Wildman–Crippen LogP) is 2.90. The Morgan fingerprint density at radius 1 is 1.04 bits per heavy atom. The van der Waals surface area contributed by atoms with Gasteiger partial charge < -0.3 is 25.4 Å². The third-order valence-corrected chi connectivity index (χ3v) is 3.84. The molecule has 0 bridgehead atoms. The fraction of sp³-hybridized carbons (Fsp3) is 0.333. The quantitative estimate of drug-likeness (QED) is 0.518. The van der Waals surface area contributed by atoms with Crippen molar-refractivity contribution in [3.63, 3.8) is 0 Å². The molecule has 0 radical (unpaired) electrons. The number of amides is 2. The van der Waals surface area contributed by atoms with E-state index in [9.17, 15) is 9.59 Å². The molecule has 2 aromatic rings. The lowest BCUT2D eigenvalue weighted by Crippen LogP contribution is -2.25. The molecule has 0 heterocycles. The lowest BCUT2D eigenvalue weighted by Gasteiger charge is -2.10. The van der Waals surface area contributed by atoms with Gasteiger partial charge in [0, 0.05) is 37.2 Å². The van der Waals surface area contributed by atoms with Crippen LogP contribution < -0.4 is 20.7 Å². The first kappa shape index (κ1) is 21.2. The van der Waals surface area contributed by atoms with Crippen molar-refractivity contribution in [1.29, 1.82) is 0 Å². The molecular weight excluding hydrogens is 358 g/mol. The summed E-state index contributed by atoms with van der Waals surface area (Å²) in [6.45, 7) is 3.76. The van der Waals surface area contributed by atoms with Crippen molar-refractivity contribution >= 4 is 23.2 Å². The number of benzene rings is 2. The van der Waals surface area contributed by atoms with Gasteiger partial charge in [0.25, 0.3) is 5.91 Å². The highest BCUT2D eigenvalue weighted by Crippen LogP contribution is 2.16. The number of carbonyl (C=O) groups excluding carboxylic acids is 2. The van der Waals surface area contributed by atoms with E-state index in [1.165, 1.54) is 0 Å². The van der Waals surface area contributed by atoms with E-state index in [0.29, 0.717) is 36.7 Å².